The molecule has 0 aliphatic heterocycles. The molecule has 1 heterocycles. The Hall–Kier alpha value is -2.02. The molecule has 19 heavy (non-hydrogen) atoms. The molecule has 3 N–H and O–H groups in total. The number of rotatable bonds is 4. The third-order valence-corrected chi connectivity index (χ3v) is 2.99. The van der Waals surface area contributed by atoms with Gasteiger partial charge in [-0.3, -0.25) is 0 Å². The van der Waals surface area contributed by atoms with Crippen molar-refractivity contribution in [2.75, 3.05) is 25.3 Å². The van der Waals surface area contributed by atoms with Gasteiger partial charge in [0.2, 0.25) is 5.95 Å². The highest BCUT2D eigenvalue weighted by Gasteiger charge is 2.07. The van der Waals surface area contributed by atoms with E-state index in [0.717, 1.165) is 10.2 Å². The smallest absolute Gasteiger partial charge is 0.222 e. The average Bonchev–Trinajstić information content (AvgIpc) is 2.42. The van der Waals surface area contributed by atoms with Crippen LogP contribution < -0.4 is 20.5 Å². The SMILES string of the molecule is COc1ccc(Nc2nc(N)ncc2Br)cc1OC. The molecule has 2 aromatic rings. The topological polar surface area (TPSA) is 82.3 Å². The summed E-state index contributed by atoms with van der Waals surface area (Å²) >= 11 is 3.35. The van der Waals surface area contributed by atoms with Gasteiger partial charge in [0.1, 0.15) is 5.82 Å². The third-order valence-electron chi connectivity index (χ3n) is 2.41. The van der Waals surface area contributed by atoms with E-state index in [2.05, 4.69) is 31.2 Å². The van der Waals surface area contributed by atoms with Crippen molar-refractivity contribution in [2.24, 2.45) is 0 Å². The molecule has 0 atom stereocenters. The third kappa shape index (κ3) is 3.05. The van der Waals surface area contributed by atoms with Crippen LogP contribution in [0.1, 0.15) is 0 Å². The zero-order valence-electron chi connectivity index (χ0n) is 10.5. The molecule has 0 radical (unpaired) electrons. The van der Waals surface area contributed by atoms with Crippen molar-refractivity contribution < 1.29 is 9.47 Å². The summed E-state index contributed by atoms with van der Waals surface area (Å²) in [5.41, 5.74) is 6.36. The summed E-state index contributed by atoms with van der Waals surface area (Å²) in [5, 5.41) is 3.13. The first-order chi connectivity index (χ1) is 9.13. The number of nitrogens with one attached hydrogen (secondary N) is 1. The maximum Gasteiger partial charge on any atom is 0.222 e. The highest BCUT2D eigenvalue weighted by Crippen LogP contribution is 2.32. The molecular weight excluding hydrogens is 312 g/mol. The van der Waals surface area contributed by atoms with Gasteiger partial charge in [-0.2, -0.15) is 4.98 Å². The van der Waals surface area contributed by atoms with E-state index >= 15 is 0 Å². The summed E-state index contributed by atoms with van der Waals surface area (Å²) in [6.45, 7) is 0. The lowest BCUT2D eigenvalue weighted by Crippen LogP contribution is -2.01. The van der Waals surface area contributed by atoms with Crippen molar-refractivity contribution in [2.45, 2.75) is 0 Å². The molecular formula is C12H13BrN4O2. The van der Waals surface area contributed by atoms with Crippen molar-refractivity contribution in [3.8, 4) is 11.5 Å². The highest BCUT2D eigenvalue weighted by molar-refractivity contribution is 9.10. The predicted molar refractivity (Wildman–Crippen MR) is 77.0 cm³/mol. The van der Waals surface area contributed by atoms with E-state index in [1.807, 2.05) is 12.1 Å². The molecule has 0 saturated heterocycles. The zero-order chi connectivity index (χ0) is 13.8. The predicted octanol–water partition coefficient (Wildman–Crippen LogP) is 2.58. The van der Waals surface area contributed by atoms with E-state index < -0.39 is 0 Å². The van der Waals surface area contributed by atoms with Crippen LogP contribution in [0, 0.1) is 0 Å². The highest BCUT2D eigenvalue weighted by atomic mass is 79.9. The molecule has 0 aliphatic rings. The minimum Gasteiger partial charge on any atom is -0.493 e. The first kappa shape index (κ1) is 13.4. The van der Waals surface area contributed by atoms with E-state index in [4.69, 9.17) is 15.2 Å². The van der Waals surface area contributed by atoms with Crippen molar-refractivity contribution in [3.63, 3.8) is 0 Å². The number of nitrogen functional groups attached to an aromatic ring is 1. The van der Waals surface area contributed by atoms with Crippen LogP contribution in [-0.4, -0.2) is 24.2 Å². The molecule has 7 heteroatoms. The van der Waals surface area contributed by atoms with Crippen LogP contribution in [0.15, 0.2) is 28.9 Å². The lowest BCUT2D eigenvalue weighted by atomic mass is 10.2. The largest absolute Gasteiger partial charge is 0.493 e. The summed E-state index contributed by atoms with van der Waals surface area (Å²) in [7, 11) is 3.17. The summed E-state index contributed by atoms with van der Waals surface area (Å²) in [6.07, 6.45) is 1.59. The van der Waals surface area contributed by atoms with Gasteiger partial charge >= 0.3 is 0 Å². The van der Waals surface area contributed by atoms with Crippen molar-refractivity contribution >= 4 is 33.4 Å². The first-order valence-corrected chi connectivity index (χ1v) is 6.20. The fourth-order valence-electron chi connectivity index (χ4n) is 1.52. The molecule has 0 unspecified atom stereocenters. The molecule has 2 rings (SSSR count). The molecule has 1 aromatic carbocycles. The van der Waals surface area contributed by atoms with Crippen molar-refractivity contribution in [1.29, 1.82) is 0 Å². The van der Waals surface area contributed by atoms with Crippen LogP contribution in [0.25, 0.3) is 0 Å². The van der Waals surface area contributed by atoms with Gasteiger partial charge in [0, 0.05) is 18.0 Å². The van der Waals surface area contributed by atoms with Crippen LogP contribution in [0.3, 0.4) is 0 Å². The number of nitrogens with two attached hydrogens (primary N) is 1. The number of halogens is 1. The van der Waals surface area contributed by atoms with Gasteiger partial charge in [0.15, 0.2) is 11.5 Å². The Morgan fingerprint density at radius 1 is 1.21 bits per heavy atom. The second-order valence-electron chi connectivity index (χ2n) is 3.62. The standard InChI is InChI=1S/C12H13BrN4O2/c1-18-9-4-3-7(5-10(9)19-2)16-11-8(13)6-15-12(14)17-11/h3-6H,1-2H3,(H3,14,15,16,17). The molecule has 0 amide bonds. The van der Waals surface area contributed by atoms with Crippen molar-refractivity contribution in [3.05, 3.63) is 28.9 Å². The molecule has 0 saturated carbocycles. The fraction of sp³-hybridized carbons (Fsp3) is 0.167. The Morgan fingerprint density at radius 3 is 2.63 bits per heavy atom. The summed E-state index contributed by atoms with van der Waals surface area (Å²) in [4.78, 5) is 7.98. The van der Waals surface area contributed by atoms with Crippen LogP contribution in [0.4, 0.5) is 17.5 Å². The number of anilines is 3. The van der Waals surface area contributed by atoms with Gasteiger partial charge < -0.3 is 20.5 Å². The lowest BCUT2D eigenvalue weighted by molar-refractivity contribution is 0.355. The number of benzene rings is 1. The van der Waals surface area contributed by atoms with Crippen LogP contribution in [-0.2, 0) is 0 Å². The summed E-state index contributed by atoms with van der Waals surface area (Å²) in [6, 6.07) is 5.47. The number of nitrogens with zero attached hydrogens (tertiary/aromatic N) is 2. The fourth-order valence-corrected chi connectivity index (χ4v) is 1.81. The molecule has 0 spiro atoms. The number of methoxy groups -OCH3 is 2. The van der Waals surface area contributed by atoms with E-state index in [9.17, 15) is 0 Å². The quantitative estimate of drug-likeness (QED) is 0.899. The Bertz CT molecular complexity index is 592. The average molecular weight is 325 g/mol. The Kier molecular flexibility index (Phi) is 4.06. The van der Waals surface area contributed by atoms with Gasteiger partial charge in [-0.1, -0.05) is 0 Å². The number of hydrogen-bond acceptors (Lipinski definition) is 6. The zero-order valence-corrected chi connectivity index (χ0v) is 12.1. The van der Waals surface area contributed by atoms with Crippen LogP contribution in [0.2, 0.25) is 0 Å². The van der Waals surface area contributed by atoms with E-state index in [1.54, 1.807) is 26.5 Å². The van der Waals surface area contributed by atoms with Gasteiger partial charge in [-0.05, 0) is 28.1 Å². The monoisotopic (exact) mass is 324 g/mol. The Labute approximate surface area is 119 Å². The second kappa shape index (κ2) is 5.75. The molecule has 1 aromatic heterocycles. The molecule has 6 nitrogen and oxygen atoms in total. The first-order valence-electron chi connectivity index (χ1n) is 5.41. The lowest BCUT2D eigenvalue weighted by Gasteiger charge is -2.11. The van der Waals surface area contributed by atoms with E-state index in [1.165, 1.54) is 0 Å². The number of ether oxygens (including phenoxy) is 2. The molecule has 100 valence electrons. The van der Waals surface area contributed by atoms with Gasteiger partial charge in [-0.25, -0.2) is 4.98 Å². The van der Waals surface area contributed by atoms with E-state index in [-0.39, 0.29) is 5.95 Å². The van der Waals surface area contributed by atoms with Gasteiger partial charge in [0.25, 0.3) is 0 Å². The number of hydrogen-bond donors (Lipinski definition) is 2. The second-order valence-corrected chi connectivity index (χ2v) is 4.47. The van der Waals surface area contributed by atoms with Gasteiger partial charge in [-0.15, -0.1) is 0 Å². The maximum atomic E-state index is 5.56. The maximum absolute atomic E-state index is 5.56. The normalized spacial score (nSPS) is 10.1. The van der Waals surface area contributed by atoms with Gasteiger partial charge in [0.05, 0.1) is 18.7 Å². The molecule has 0 aliphatic carbocycles. The Morgan fingerprint density at radius 2 is 1.95 bits per heavy atom. The molecule has 0 bridgehead atoms. The summed E-state index contributed by atoms with van der Waals surface area (Å²) in [5.74, 6) is 2.07. The van der Waals surface area contributed by atoms with Crippen LogP contribution in [0.5, 0.6) is 11.5 Å². The van der Waals surface area contributed by atoms with Crippen molar-refractivity contribution in [1.82, 2.24) is 9.97 Å². The Balaban J connectivity index is 2.30. The minimum atomic E-state index is 0.200. The van der Waals surface area contributed by atoms with Crippen LogP contribution >= 0.6 is 15.9 Å². The summed E-state index contributed by atoms with van der Waals surface area (Å²) < 4.78 is 11.1. The molecule has 0 fully saturated rings. The van der Waals surface area contributed by atoms with E-state index in [0.29, 0.717) is 17.3 Å². The number of aromatic nitrogens is 2. The minimum absolute atomic E-state index is 0.200.